The van der Waals surface area contributed by atoms with Crippen LogP contribution in [0.5, 0.6) is 5.75 Å². The average molecular weight is 362 g/mol. The molecule has 3 N–H and O–H groups in total. The maximum absolute atomic E-state index is 12.7. The van der Waals surface area contributed by atoms with Crippen LogP contribution in [0.2, 0.25) is 0 Å². The summed E-state index contributed by atoms with van der Waals surface area (Å²) >= 11 is 0. The van der Waals surface area contributed by atoms with Crippen LogP contribution < -0.4 is 15.8 Å². The number of nitrogens with two attached hydrogens (primary N) is 1. The van der Waals surface area contributed by atoms with E-state index in [-0.39, 0.29) is 0 Å². The van der Waals surface area contributed by atoms with Crippen LogP contribution >= 0.6 is 0 Å². The van der Waals surface area contributed by atoms with E-state index in [0.29, 0.717) is 18.7 Å². The van der Waals surface area contributed by atoms with Crippen LogP contribution in [-0.2, 0) is 23.3 Å². The second kappa shape index (κ2) is 8.42. The molecule has 0 bridgehead atoms. The van der Waals surface area contributed by atoms with E-state index < -0.39 is 11.4 Å². The number of hydrogen-bond acceptors (Lipinski definition) is 5. The van der Waals surface area contributed by atoms with Gasteiger partial charge in [0, 0.05) is 37.8 Å². The minimum absolute atomic E-state index is 0.378. The van der Waals surface area contributed by atoms with E-state index in [1.807, 2.05) is 48.5 Å². The van der Waals surface area contributed by atoms with Gasteiger partial charge in [-0.15, -0.1) is 0 Å². The Morgan fingerprint density at radius 2 is 1.67 bits per heavy atom. The standard InChI is InChI=1S/C21H22N4O2/c1-27-19-8-6-18(7-9-19)21(20(22)26,12-16-4-2-10-23-13-16)25-15-17-5-3-11-24-14-17/h2-11,13-14,25H,12,15H2,1H3,(H2,22,26). The minimum atomic E-state index is -1.09. The van der Waals surface area contributed by atoms with Crippen molar-refractivity contribution in [2.24, 2.45) is 5.73 Å². The lowest BCUT2D eigenvalue weighted by Crippen LogP contribution is -2.54. The van der Waals surface area contributed by atoms with Crippen molar-refractivity contribution in [3.05, 3.63) is 90.0 Å². The summed E-state index contributed by atoms with van der Waals surface area (Å²) in [6.07, 6.45) is 7.29. The largest absolute Gasteiger partial charge is 0.497 e. The molecule has 138 valence electrons. The van der Waals surface area contributed by atoms with Crippen LogP contribution in [-0.4, -0.2) is 23.0 Å². The summed E-state index contributed by atoms with van der Waals surface area (Å²) in [4.78, 5) is 21.0. The lowest BCUT2D eigenvalue weighted by molar-refractivity contribution is -0.125. The number of ether oxygens (including phenoxy) is 1. The van der Waals surface area contributed by atoms with Gasteiger partial charge in [0.05, 0.1) is 7.11 Å². The summed E-state index contributed by atoms with van der Waals surface area (Å²) < 4.78 is 5.24. The number of pyridine rings is 2. The topological polar surface area (TPSA) is 90.1 Å². The smallest absolute Gasteiger partial charge is 0.242 e. The van der Waals surface area contributed by atoms with Crippen molar-refractivity contribution in [3.63, 3.8) is 0 Å². The Bertz CT molecular complexity index is 870. The molecule has 1 unspecified atom stereocenters. The zero-order valence-electron chi connectivity index (χ0n) is 15.1. The van der Waals surface area contributed by atoms with Gasteiger partial charge in [-0.05, 0) is 41.0 Å². The first-order valence-electron chi connectivity index (χ1n) is 8.61. The third-order valence-electron chi connectivity index (χ3n) is 4.51. The van der Waals surface area contributed by atoms with Gasteiger partial charge in [0.1, 0.15) is 11.3 Å². The second-order valence-electron chi connectivity index (χ2n) is 6.25. The Balaban J connectivity index is 1.99. The number of benzene rings is 1. The molecule has 1 amide bonds. The first kappa shape index (κ1) is 18.5. The zero-order chi connectivity index (χ0) is 19.1. The lowest BCUT2D eigenvalue weighted by Gasteiger charge is -2.33. The first-order valence-corrected chi connectivity index (χ1v) is 8.61. The monoisotopic (exact) mass is 362 g/mol. The highest BCUT2D eigenvalue weighted by Crippen LogP contribution is 2.28. The third kappa shape index (κ3) is 4.30. The van der Waals surface area contributed by atoms with Crippen molar-refractivity contribution < 1.29 is 9.53 Å². The summed E-state index contributed by atoms with van der Waals surface area (Å²) in [7, 11) is 1.60. The van der Waals surface area contributed by atoms with Gasteiger partial charge in [0.15, 0.2) is 0 Å². The quantitative estimate of drug-likeness (QED) is 0.641. The molecule has 0 saturated heterocycles. The Morgan fingerprint density at radius 3 is 2.19 bits per heavy atom. The van der Waals surface area contributed by atoms with Gasteiger partial charge in [0.25, 0.3) is 0 Å². The third-order valence-corrected chi connectivity index (χ3v) is 4.51. The molecule has 2 aromatic heterocycles. The number of nitrogens with one attached hydrogen (secondary N) is 1. The normalized spacial score (nSPS) is 12.9. The average Bonchev–Trinajstić information content (AvgIpc) is 2.72. The Hall–Kier alpha value is -3.25. The van der Waals surface area contributed by atoms with E-state index in [1.165, 1.54) is 0 Å². The first-order chi connectivity index (χ1) is 13.1. The van der Waals surface area contributed by atoms with Gasteiger partial charge in [-0.2, -0.15) is 0 Å². The summed E-state index contributed by atoms with van der Waals surface area (Å²) in [6.45, 7) is 0.447. The van der Waals surface area contributed by atoms with Crippen LogP contribution in [0.3, 0.4) is 0 Å². The molecule has 27 heavy (non-hydrogen) atoms. The minimum Gasteiger partial charge on any atom is -0.497 e. The molecule has 0 saturated carbocycles. The maximum Gasteiger partial charge on any atom is 0.242 e. The van der Waals surface area contributed by atoms with Gasteiger partial charge in [0.2, 0.25) is 5.91 Å². The highest BCUT2D eigenvalue weighted by Gasteiger charge is 2.38. The number of hydrogen-bond donors (Lipinski definition) is 2. The van der Waals surface area contributed by atoms with Crippen LogP contribution in [0.15, 0.2) is 73.3 Å². The highest BCUT2D eigenvalue weighted by atomic mass is 16.5. The Kier molecular flexibility index (Phi) is 5.78. The van der Waals surface area contributed by atoms with Gasteiger partial charge in [-0.25, -0.2) is 0 Å². The molecule has 3 rings (SSSR count). The summed E-state index contributed by atoms with van der Waals surface area (Å²) in [5.74, 6) is 0.256. The number of primary amides is 1. The molecular formula is C21H22N4O2. The molecule has 1 aromatic carbocycles. The number of amides is 1. The van der Waals surface area contributed by atoms with Crippen LogP contribution in [0.25, 0.3) is 0 Å². The maximum atomic E-state index is 12.7. The molecule has 0 aliphatic heterocycles. The second-order valence-corrected chi connectivity index (χ2v) is 6.25. The summed E-state index contributed by atoms with van der Waals surface area (Å²) in [5.41, 5.74) is 7.46. The fourth-order valence-electron chi connectivity index (χ4n) is 3.02. The van der Waals surface area contributed by atoms with Crippen molar-refractivity contribution >= 4 is 5.91 Å². The molecule has 0 aliphatic carbocycles. The van der Waals surface area contributed by atoms with Gasteiger partial charge < -0.3 is 10.5 Å². The molecule has 0 radical (unpaired) electrons. The summed E-state index contributed by atoms with van der Waals surface area (Å²) in [5, 5.41) is 3.37. The molecule has 0 spiro atoms. The molecule has 3 aromatic rings. The van der Waals surface area contributed by atoms with Crippen molar-refractivity contribution in [1.29, 1.82) is 0 Å². The van der Waals surface area contributed by atoms with Gasteiger partial charge >= 0.3 is 0 Å². The Labute approximate surface area is 158 Å². The molecule has 6 heteroatoms. The van der Waals surface area contributed by atoms with E-state index in [0.717, 1.165) is 16.7 Å². The molecule has 0 fully saturated rings. The Morgan fingerprint density at radius 1 is 1.04 bits per heavy atom. The van der Waals surface area contributed by atoms with Crippen LogP contribution in [0.1, 0.15) is 16.7 Å². The number of nitrogens with zero attached hydrogens (tertiary/aromatic N) is 2. The number of carbonyl (C=O) groups is 1. The van der Waals surface area contributed by atoms with Crippen molar-refractivity contribution in [2.45, 2.75) is 18.5 Å². The molecule has 2 heterocycles. The van der Waals surface area contributed by atoms with Crippen molar-refractivity contribution in [1.82, 2.24) is 15.3 Å². The van der Waals surface area contributed by atoms with Gasteiger partial charge in [-0.3, -0.25) is 20.1 Å². The summed E-state index contributed by atoms with van der Waals surface area (Å²) in [6, 6.07) is 14.9. The van der Waals surface area contributed by atoms with E-state index in [4.69, 9.17) is 10.5 Å². The number of aromatic nitrogens is 2. The van der Waals surface area contributed by atoms with E-state index >= 15 is 0 Å². The van der Waals surface area contributed by atoms with E-state index in [2.05, 4.69) is 15.3 Å². The van der Waals surface area contributed by atoms with E-state index in [1.54, 1.807) is 31.9 Å². The number of methoxy groups -OCH3 is 1. The zero-order valence-corrected chi connectivity index (χ0v) is 15.1. The molecule has 1 atom stereocenters. The fourth-order valence-corrected chi connectivity index (χ4v) is 3.02. The van der Waals surface area contributed by atoms with Crippen LogP contribution in [0.4, 0.5) is 0 Å². The molecule has 0 aliphatic rings. The molecule has 6 nitrogen and oxygen atoms in total. The molecular weight excluding hydrogens is 340 g/mol. The predicted octanol–water partition coefficient (Wildman–Crippen LogP) is 2.20. The predicted molar refractivity (Wildman–Crippen MR) is 103 cm³/mol. The lowest BCUT2D eigenvalue weighted by atomic mass is 9.83. The highest BCUT2D eigenvalue weighted by molar-refractivity contribution is 5.86. The SMILES string of the molecule is COc1ccc(C(Cc2cccnc2)(NCc2cccnc2)C(N)=O)cc1. The van der Waals surface area contributed by atoms with Crippen LogP contribution in [0, 0.1) is 0 Å². The fraction of sp³-hybridized carbons (Fsp3) is 0.190. The van der Waals surface area contributed by atoms with E-state index in [9.17, 15) is 4.79 Å². The number of rotatable bonds is 8. The van der Waals surface area contributed by atoms with Gasteiger partial charge in [-0.1, -0.05) is 24.3 Å². The van der Waals surface area contributed by atoms with Crippen molar-refractivity contribution in [2.75, 3.05) is 7.11 Å². The number of carbonyl (C=O) groups excluding carboxylic acids is 1. The van der Waals surface area contributed by atoms with Crippen molar-refractivity contribution in [3.8, 4) is 5.75 Å².